The monoisotopic (exact) mass is 362 g/mol. The molecule has 6 heteroatoms. The molecular formula is C20H38N6. The van der Waals surface area contributed by atoms with E-state index in [-0.39, 0.29) is 0 Å². The summed E-state index contributed by atoms with van der Waals surface area (Å²) in [6.07, 6.45) is 14.3. The lowest BCUT2D eigenvalue weighted by Crippen LogP contribution is -2.37. The third kappa shape index (κ3) is 7.34. The Morgan fingerprint density at radius 1 is 0.962 bits per heavy atom. The summed E-state index contributed by atoms with van der Waals surface area (Å²) in [5, 5.41) is 15.4. The summed E-state index contributed by atoms with van der Waals surface area (Å²) < 4.78 is 2.25. The summed E-state index contributed by atoms with van der Waals surface area (Å²) in [5.74, 6) is 3.01. The van der Waals surface area contributed by atoms with Crippen LogP contribution in [0.15, 0.2) is 4.99 Å². The Morgan fingerprint density at radius 3 is 2.50 bits per heavy atom. The Hall–Kier alpha value is -1.59. The van der Waals surface area contributed by atoms with Crippen LogP contribution in [0.3, 0.4) is 0 Å². The summed E-state index contributed by atoms with van der Waals surface area (Å²) >= 11 is 0. The molecule has 0 saturated heterocycles. The molecule has 2 heterocycles. The van der Waals surface area contributed by atoms with Crippen LogP contribution < -0.4 is 10.6 Å². The van der Waals surface area contributed by atoms with Crippen LogP contribution >= 0.6 is 0 Å². The number of nitrogens with one attached hydrogen (secondary N) is 2. The lowest BCUT2D eigenvalue weighted by molar-refractivity contribution is 0.508. The van der Waals surface area contributed by atoms with Crippen molar-refractivity contribution in [2.24, 2.45) is 4.99 Å². The van der Waals surface area contributed by atoms with Crippen LogP contribution in [0.5, 0.6) is 0 Å². The van der Waals surface area contributed by atoms with E-state index >= 15 is 0 Å². The standard InChI is InChI=1S/C20H38N6/c1-3-5-6-7-8-9-10-12-15-22-20(21-4-2)23-17-19-25-24-18-14-11-13-16-26(18)19/h3-17H2,1-2H3,(H2,21,22,23). The van der Waals surface area contributed by atoms with E-state index < -0.39 is 0 Å². The normalized spacial score (nSPS) is 14.3. The third-order valence-electron chi connectivity index (χ3n) is 4.98. The molecular weight excluding hydrogens is 324 g/mol. The molecule has 0 spiro atoms. The zero-order valence-electron chi connectivity index (χ0n) is 16.9. The number of hydrogen-bond acceptors (Lipinski definition) is 3. The van der Waals surface area contributed by atoms with E-state index in [2.05, 4.69) is 39.2 Å². The third-order valence-corrected chi connectivity index (χ3v) is 4.98. The molecule has 1 aromatic rings. The lowest BCUT2D eigenvalue weighted by Gasteiger charge is -2.14. The molecule has 0 atom stereocenters. The summed E-state index contributed by atoms with van der Waals surface area (Å²) in [4.78, 5) is 4.70. The molecule has 0 amide bonds. The largest absolute Gasteiger partial charge is 0.357 e. The van der Waals surface area contributed by atoms with Crippen molar-refractivity contribution in [2.45, 2.75) is 97.6 Å². The van der Waals surface area contributed by atoms with E-state index in [1.165, 1.54) is 64.2 Å². The van der Waals surface area contributed by atoms with Gasteiger partial charge < -0.3 is 15.2 Å². The van der Waals surface area contributed by atoms with Gasteiger partial charge in [-0.15, -0.1) is 10.2 Å². The Bertz CT molecular complexity index is 522. The highest BCUT2D eigenvalue weighted by atomic mass is 15.3. The average molecular weight is 363 g/mol. The summed E-state index contributed by atoms with van der Waals surface area (Å²) in [6, 6.07) is 0. The fourth-order valence-corrected chi connectivity index (χ4v) is 3.44. The maximum Gasteiger partial charge on any atom is 0.191 e. The quantitative estimate of drug-likeness (QED) is 0.337. The summed E-state index contributed by atoms with van der Waals surface area (Å²) in [7, 11) is 0. The first kappa shape index (κ1) is 20.7. The van der Waals surface area contributed by atoms with Crippen LogP contribution in [0.25, 0.3) is 0 Å². The fraction of sp³-hybridized carbons (Fsp3) is 0.850. The first-order valence-electron chi connectivity index (χ1n) is 10.8. The molecule has 0 unspecified atom stereocenters. The van der Waals surface area contributed by atoms with Gasteiger partial charge in [0.2, 0.25) is 0 Å². The van der Waals surface area contributed by atoms with E-state index in [0.717, 1.165) is 43.7 Å². The van der Waals surface area contributed by atoms with E-state index in [1.54, 1.807) is 0 Å². The van der Waals surface area contributed by atoms with E-state index in [9.17, 15) is 0 Å². The van der Waals surface area contributed by atoms with Crippen LogP contribution in [-0.4, -0.2) is 33.8 Å². The SMILES string of the molecule is CCCCCCCCCCNC(=NCc1nnc2n1CCCC2)NCC. The van der Waals surface area contributed by atoms with Gasteiger partial charge >= 0.3 is 0 Å². The Morgan fingerprint density at radius 2 is 1.73 bits per heavy atom. The van der Waals surface area contributed by atoms with Gasteiger partial charge in [-0.3, -0.25) is 0 Å². The van der Waals surface area contributed by atoms with Crippen molar-refractivity contribution >= 4 is 5.96 Å². The predicted molar refractivity (Wildman–Crippen MR) is 108 cm³/mol. The smallest absolute Gasteiger partial charge is 0.191 e. The molecule has 0 saturated carbocycles. The number of aliphatic imine (C=N–C) groups is 1. The summed E-state index contributed by atoms with van der Waals surface area (Å²) in [5.41, 5.74) is 0. The molecule has 1 aromatic heterocycles. The highest BCUT2D eigenvalue weighted by Crippen LogP contribution is 2.14. The van der Waals surface area contributed by atoms with Gasteiger partial charge in [0.15, 0.2) is 11.8 Å². The second-order valence-corrected chi connectivity index (χ2v) is 7.24. The maximum absolute atomic E-state index is 4.70. The second-order valence-electron chi connectivity index (χ2n) is 7.24. The predicted octanol–water partition coefficient (Wildman–Crippen LogP) is 3.81. The first-order valence-corrected chi connectivity index (χ1v) is 10.8. The first-order chi connectivity index (χ1) is 12.8. The van der Waals surface area contributed by atoms with Gasteiger partial charge in [-0.1, -0.05) is 51.9 Å². The van der Waals surface area contributed by atoms with Gasteiger partial charge in [0.1, 0.15) is 12.4 Å². The number of aromatic nitrogens is 3. The number of nitrogens with zero attached hydrogens (tertiary/aromatic N) is 4. The molecule has 0 radical (unpaired) electrons. The average Bonchev–Trinajstić information content (AvgIpc) is 3.08. The molecule has 148 valence electrons. The van der Waals surface area contributed by atoms with Crippen molar-refractivity contribution in [3.63, 3.8) is 0 Å². The maximum atomic E-state index is 4.70. The topological polar surface area (TPSA) is 67.1 Å². The van der Waals surface area contributed by atoms with Gasteiger partial charge in [0, 0.05) is 26.1 Å². The summed E-state index contributed by atoms with van der Waals surface area (Å²) in [6.45, 7) is 7.87. The molecule has 2 rings (SSSR count). The minimum Gasteiger partial charge on any atom is -0.357 e. The molecule has 2 N–H and O–H groups in total. The minimum atomic E-state index is 0.597. The number of unbranched alkanes of at least 4 members (excludes halogenated alkanes) is 7. The number of aryl methyl sites for hydroxylation is 1. The highest BCUT2D eigenvalue weighted by molar-refractivity contribution is 5.79. The lowest BCUT2D eigenvalue weighted by atomic mass is 10.1. The van der Waals surface area contributed by atoms with Crippen LogP contribution in [0.2, 0.25) is 0 Å². The van der Waals surface area contributed by atoms with Crippen molar-refractivity contribution in [2.75, 3.05) is 13.1 Å². The number of rotatable bonds is 12. The number of fused-ring (bicyclic) bond motifs is 1. The van der Waals surface area contributed by atoms with Gasteiger partial charge in [-0.25, -0.2) is 4.99 Å². The van der Waals surface area contributed by atoms with Gasteiger partial charge in [-0.05, 0) is 26.2 Å². The Balaban J connectivity index is 1.66. The fourth-order valence-electron chi connectivity index (χ4n) is 3.44. The highest BCUT2D eigenvalue weighted by Gasteiger charge is 2.15. The minimum absolute atomic E-state index is 0.597. The molecule has 0 aliphatic carbocycles. The number of guanidine groups is 1. The van der Waals surface area contributed by atoms with Crippen molar-refractivity contribution in [1.29, 1.82) is 0 Å². The Kier molecular flexibility index (Phi) is 10.1. The zero-order chi connectivity index (χ0) is 18.5. The van der Waals surface area contributed by atoms with Gasteiger partial charge in [0.25, 0.3) is 0 Å². The van der Waals surface area contributed by atoms with Gasteiger partial charge in [-0.2, -0.15) is 0 Å². The zero-order valence-corrected chi connectivity index (χ0v) is 16.9. The van der Waals surface area contributed by atoms with Crippen LogP contribution in [-0.2, 0) is 19.5 Å². The molecule has 1 aliphatic rings. The second kappa shape index (κ2) is 12.7. The van der Waals surface area contributed by atoms with Gasteiger partial charge in [0.05, 0.1) is 0 Å². The molecule has 26 heavy (non-hydrogen) atoms. The van der Waals surface area contributed by atoms with E-state index in [4.69, 9.17) is 4.99 Å². The van der Waals surface area contributed by atoms with Crippen molar-refractivity contribution in [3.05, 3.63) is 11.6 Å². The van der Waals surface area contributed by atoms with Crippen molar-refractivity contribution in [1.82, 2.24) is 25.4 Å². The molecule has 0 aromatic carbocycles. The van der Waals surface area contributed by atoms with E-state index in [0.29, 0.717) is 6.54 Å². The Labute approximate surface area is 159 Å². The van der Waals surface area contributed by atoms with Crippen LogP contribution in [0.1, 0.15) is 89.7 Å². The number of hydrogen-bond donors (Lipinski definition) is 2. The van der Waals surface area contributed by atoms with Crippen LogP contribution in [0, 0.1) is 0 Å². The molecule has 6 nitrogen and oxygen atoms in total. The van der Waals surface area contributed by atoms with E-state index in [1.807, 2.05) is 0 Å². The van der Waals surface area contributed by atoms with Crippen LogP contribution in [0.4, 0.5) is 0 Å². The van der Waals surface area contributed by atoms with Crippen molar-refractivity contribution in [3.8, 4) is 0 Å². The molecule has 0 fully saturated rings. The molecule has 0 bridgehead atoms. The molecule has 1 aliphatic heterocycles. The van der Waals surface area contributed by atoms with Crippen molar-refractivity contribution < 1.29 is 0 Å².